The normalized spacial score (nSPS) is 12.6. The third kappa shape index (κ3) is 2.23. The number of halogens is 3. The summed E-state index contributed by atoms with van der Waals surface area (Å²) < 4.78 is 13.9. The average Bonchev–Trinajstić information content (AvgIpc) is 2.12. The van der Waals surface area contributed by atoms with Crippen molar-refractivity contribution in [2.75, 3.05) is 0 Å². The van der Waals surface area contributed by atoms with E-state index in [0.29, 0.717) is 0 Å². The molecule has 1 aromatic carbocycles. The fourth-order valence-electron chi connectivity index (χ4n) is 0.917. The van der Waals surface area contributed by atoms with Crippen LogP contribution in [0, 0.1) is 9.39 Å². The lowest BCUT2D eigenvalue weighted by Crippen LogP contribution is -2.13. The van der Waals surface area contributed by atoms with E-state index in [1.165, 1.54) is 12.1 Å². The predicted molar refractivity (Wildman–Crippen MR) is 59.4 cm³/mol. The molecule has 6 heteroatoms. The Morgan fingerprint density at radius 2 is 2.14 bits per heavy atom. The Balaban J connectivity index is 3.32. The summed E-state index contributed by atoms with van der Waals surface area (Å²) in [5, 5.41) is 17.7. The zero-order chi connectivity index (χ0) is 10.9. The van der Waals surface area contributed by atoms with E-state index in [4.69, 9.17) is 5.11 Å². The van der Waals surface area contributed by atoms with Gasteiger partial charge in [-0.25, -0.2) is 9.18 Å². The first-order valence-corrected chi connectivity index (χ1v) is 5.36. The van der Waals surface area contributed by atoms with Crippen LogP contribution < -0.4 is 0 Å². The largest absolute Gasteiger partial charge is 0.479 e. The smallest absolute Gasteiger partial charge is 0.337 e. The van der Waals surface area contributed by atoms with Crippen LogP contribution in [0.25, 0.3) is 0 Å². The number of hydrogen-bond donors (Lipinski definition) is 2. The van der Waals surface area contributed by atoms with Crippen molar-refractivity contribution in [2.45, 2.75) is 6.10 Å². The number of aliphatic hydroxyl groups excluding tert-OH is 1. The summed E-state index contributed by atoms with van der Waals surface area (Å²) in [7, 11) is 0. The summed E-state index contributed by atoms with van der Waals surface area (Å²) in [5.74, 6) is -2.19. The first-order valence-electron chi connectivity index (χ1n) is 3.49. The van der Waals surface area contributed by atoms with Crippen molar-refractivity contribution in [1.82, 2.24) is 0 Å². The molecule has 0 radical (unpaired) electrons. The monoisotopic (exact) mass is 374 g/mol. The highest BCUT2D eigenvalue weighted by Gasteiger charge is 2.24. The molecule has 1 rings (SSSR count). The molecule has 0 saturated heterocycles. The minimum Gasteiger partial charge on any atom is -0.479 e. The minimum atomic E-state index is -1.85. The molecule has 1 unspecified atom stereocenters. The number of carboxylic acid groups (broad SMARTS) is 1. The summed E-state index contributed by atoms with van der Waals surface area (Å²) in [5.41, 5.74) is -0.246. The molecule has 0 fully saturated rings. The van der Waals surface area contributed by atoms with Gasteiger partial charge in [-0.2, -0.15) is 0 Å². The molecule has 1 aromatic rings. The van der Waals surface area contributed by atoms with Crippen molar-refractivity contribution >= 4 is 44.5 Å². The van der Waals surface area contributed by atoms with Gasteiger partial charge in [0.25, 0.3) is 0 Å². The van der Waals surface area contributed by atoms with Crippen LogP contribution in [0.15, 0.2) is 16.6 Å². The van der Waals surface area contributed by atoms with Crippen LogP contribution in [0.3, 0.4) is 0 Å². The molecule has 0 amide bonds. The second-order valence-electron chi connectivity index (χ2n) is 2.50. The van der Waals surface area contributed by atoms with Gasteiger partial charge < -0.3 is 10.2 Å². The highest BCUT2D eigenvalue weighted by atomic mass is 127. The van der Waals surface area contributed by atoms with Gasteiger partial charge in [-0.15, -0.1) is 0 Å². The SMILES string of the molecule is O=C(O)C(O)c1c(Br)ccc(I)c1F. The third-order valence-electron chi connectivity index (χ3n) is 1.59. The maximum Gasteiger partial charge on any atom is 0.337 e. The molecule has 0 bridgehead atoms. The summed E-state index contributed by atoms with van der Waals surface area (Å²) in [6, 6.07) is 2.98. The van der Waals surface area contributed by atoms with Gasteiger partial charge in [0.15, 0.2) is 6.10 Å². The van der Waals surface area contributed by atoms with Gasteiger partial charge in [-0.3, -0.25) is 0 Å². The maximum atomic E-state index is 13.4. The molecule has 0 heterocycles. The highest BCUT2D eigenvalue weighted by Crippen LogP contribution is 2.29. The number of carboxylic acids is 1. The zero-order valence-corrected chi connectivity index (χ0v) is 10.4. The quantitative estimate of drug-likeness (QED) is 0.617. The molecule has 0 spiro atoms. The summed E-state index contributed by atoms with van der Waals surface area (Å²) in [6.45, 7) is 0. The van der Waals surface area contributed by atoms with E-state index in [2.05, 4.69) is 15.9 Å². The molecule has 14 heavy (non-hydrogen) atoms. The Morgan fingerprint density at radius 3 is 2.64 bits per heavy atom. The van der Waals surface area contributed by atoms with E-state index < -0.39 is 17.9 Å². The number of carbonyl (C=O) groups is 1. The van der Waals surface area contributed by atoms with Crippen LogP contribution in [0.4, 0.5) is 4.39 Å². The lowest BCUT2D eigenvalue weighted by molar-refractivity contribution is -0.147. The van der Waals surface area contributed by atoms with E-state index >= 15 is 0 Å². The fraction of sp³-hybridized carbons (Fsp3) is 0.125. The Morgan fingerprint density at radius 1 is 1.57 bits per heavy atom. The second kappa shape index (κ2) is 4.54. The molecule has 2 N–H and O–H groups in total. The standard InChI is InChI=1S/C8H5BrFIO3/c9-3-1-2-4(11)6(10)5(3)7(12)8(13)14/h1-2,7,12H,(H,13,14). The van der Waals surface area contributed by atoms with Crippen LogP contribution in [-0.2, 0) is 4.79 Å². The van der Waals surface area contributed by atoms with E-state index in [1.54, 1.807) is 22.6 Å². The van der Waals surface area contributed by atoms with E-state index in [9.17, 15) is 14.3 Å². The Bertz CT molecular complexity index is 383. The second-order valence-corrected chi connectivity index (χ2v) is 4.51. The maximum absolute atomic E-state index is 13.4. The Kier molecular flexibility index (Phi) is 3.85. The molecule has 3 nitrogen and oxygen atoms in total. The number of rotatable bonds is 2. The van der Waals surface area contributed by atoms with Crippen molar-refractivity contribution in [3.63, 3.8) is 0 Å². The van der Waals surface area contributed by atoms with Crippen molar-refractivity contribution < 1.29 is 19.4 Å². The number of benzene rings is 1. The zero-order valence-electron chi connectivity index (χ0n) is 6.67. The van der Waals surface area contributed by atoms with Crippen molar-refractivity contribution in [2.24, 2.45) is 0 Å². The van der Waals surface area contributed by atoms with Crippen LogP contribution in [0.2, 0.25) is 0 Å². The topological polar surface area (TPSA) is 57.5 Å². The molecule has 0 aromatic heterocycles. The van der Waals surface area contributed by atoms with Gasteiger partial charge in [0, 0.05) is 13.6 Å². The van der Waals surface area contributed by atoms with Crippen LogP contribution in [-0.4, -0.2) is 16.2 Å². The lowest BCUT2D eigenvalue weighted by Gasteiger charge is -2.10. The highest BCUT2D eigenvalue weighted by molar-refractivity contribution is 14.1. The molecule has 0 aliphatic carbocycles. The van der Waals surface area contributed by atoms with E-state index in [-0.39, 0.29) is 13.6 Å². The van der Waals surface area contributed by atoms with Crippen LogP contribution in [0.1, 0.15) is 11.7 Å². The number of aliphatic carboxylic acids is 1. The van der Waals surface area contributed by atoms with Crippen molar-refractivity contribution in [1.29, 1.82) is 0 Å². The van der Waals surface area contributed by atoms with E-state index in [1.807, 2.05) is 0 Å². The molecule has 76 valence electrons. The van der Waals surface area contributed by atoms with Gasteiger partial charge in [0.1, 0.15) is 5.82 Å². The summed E-state index contributed by atoms with van der Waals surface area (Å²) in [4.78, 5) is 10.5. The van der Waals surface area contributed by atoms with Crippen molar-refractivity contribution in [3.05, 3.63) is 31.6 Å². The van der Waals surface area contributed by atoms with Gasteiger partial charge in [0.05, 0.1) is 0 Å². The van der Waals surface area contributed by atoms with Gasteiger partial charge in [-0.1, -0.05) is 15.9 Å². The number of aliphatic hydroxyl groups is 1. The summed E-state index contributed by atoms with van der Waals surface area (Å²) in [6.07, 6.45) is -1.85. The third-order valence-corrected chi connectivity index (χ3v) is 3.11. The fourth-order valence-corrected chi connectivity index (χ4v) is 1.91. The lowest BCUT2D eigenvalue weighted by atomic mass is 10.1. The average molecular weight is 375 g/mol. The van der Waals surface area contributed by atoms with E-state index in [0.717, 1.165) is 0 Å². The molecular weight excluding hydrogens is 370 g/mol. The van der Waals surface area contributed by atoms with Crippen molar-refractivity contribution in [3.8, 4) is 0 Å². The van der Waals surface area contributed by atoms with Gasteiger partial charge >= 0.3 is 5.97 Å². The molecule has 1 atom stereocenters. The number of hydrogen-bond acceptors (Lipinski definition) is 2. The van der Waals surface area contributed by atoms with Crippen LogP contribution >= 0.6 is 38.5 Å². The predicted octanol–water partition coefficient (Wildman–Crippen LogP) is 2.31. The van der Waals surface area contributed by atoms with Gasteiger partial charge in [0.2, 0.25) is 0 Å². The Hall–Kier alpha value is -0.210. The molecular formula is C8H5BrFIO3. The first-order chi connectivity index (χ1) is 6.45. The molecule has 0 saturated carbocycles. The summed E-state index contributed by atoms with van der Waals surface area (Å²) >= 11 is 4.71. The first kappa shape index (κ1) is 11.9. The van der Waals surface area contributed by atoms with Gasteiger partial charge in [-0.05, 0) is 34.7 Å². The molecule has 0 aliphatic heterocycles. The minimum absolute atomic E-state index is 0.241. The Labute approximate surface area is 101 Å². The van der Waals surface area contributed by atoms with Crippen LogP contribution in [0.5, 0.6) is 0 Å². The molecule has 0 aliphatic rings.